The smallest absolute Gasteiger partial charge is 0.250 e. The van der Waals surface area contributed by atoms with Crippen molar-refractivity contribution in [3.8, 4) is 6.07 Å². The minimum atomic E-state index is -0.443. The second kappa shape index (κ2) is 3.49. The molecule has 4 nitrogen and oxygen atoms in total. The Morgan fingerprint density at radius 3 is 2.71 bits per heavy atom. The summed E-state index contributed by atoms with van der Waals surface area (Å²) in [5.74, 6) is 0.0622. The van der Waals surface area contributed by atoms with E-state index in [2.05, 4.69) is 16.7 Å². The number of nitrogens with one attached hydrogen (secondary N) is 2. The number of fused-ring (bicyclic) bond motifs is 1. The van der Waals surface area contributed by atoms with E-state index in [-0.39, 0.29) is 5.91 Å². The highest BCUT2D eigenvalue weighted by atomic mass is 16.2. The van der Waals surface area contributed by atoms with Gasteiger partial charge < -0.3 is 10.6 Å². The number of hydrogen-bond donors (Lipinski definition) is 2. The Labute approximate surface area is 99.6 Å². The molecule has 0 saturated heterocycles. The molecule has 4 heteroatoms. The van der Waals surface area contributed by atoms with Crippen molar-refractivity contribution in [1.82, 2.24) is 0 Å². The molecule has 1 aromatic carbocycles. The van der Waals surface area contributed by atoms with Crippen LogP contribution in [0.25, 0.3) is 0 Å². The van der Waals surface area contributed by atoms with Crippen LogP contribution < -0.4 is 10.6 Å². The molecule has 0 aromatic heterocycles. The quantitative estimate of drug-likeness (QED) is 0.714. The fourth-order valence-corrected chi connectivity index (χ4v) is 2.71. The second-order valence-electron chi connectivity index (χ2n) is 4.74. The van der Waals surface area contributed by atoms with E-state index in [1.807, 2.05) is 0 Å². The first kappa shape index (κ1) is 10.2. The molecule has 86 valence electrons. The molecule has 1 aliphatic carbocycles. The lowest BCUT2D eigenvalue weighted by Gasteiger charge is -2.35. The van der Waals surface area contributed by atoms with Crippen LogP contribution in [0.4, 0.5) is 11.4 Å². The predicted molar refractivity (Wildman–Crippen MR) is 64.6 cm³/mol. The van der Waals surface area contributed by atoms with E-state index in [4.69, 9.17) is 5.26 Å². The summed E-state index contributed by atoms with van der Waals surface area (Å²) in [6.07, 6.45) is 3.89. The number of amides is 1. The Morgan fingerprint density at radius 2 is 2.00 bits per heavy atom. The van der Waals surface area contributed by atoms with Crippen molar-refractivity contribution < 1.29 is 4.79 Å². The molecule has 17 heavy (non-hydrogen) atoms. The SMILES string of the molecule is N#Cc1ccc2c(c1)NC1(CCCC1)C(=O)N2. The molecule has 1 heterocycles. The summed E-state index contributed by atoms with van der Waals surface area (Å²) in [5, 5.41) is 15.1. The maximum atomic E-state index is 12.1. The Kier molecular flexibility index (Phi) is 2.08. The summed E-state index contributed by atoms with van der Waals surface area (Å²) in [4.78, 5) is 12.1. The van der Waals surface area contributed by atoms with Gasteiger partial charge >= 0.3 is 0 Å². The summed E-state index contributed by atoms with van der Waals surface area (Å²) in [6, 6.07) is 7.41. The van der Waals surface area contributed by atoms with Crippen LogP contribution in [0.15, 0.2) is 18.2 Å². The van der Waals surface area contributed by atoms with Gasteiger partial charge in [0, 0.05) is 0 Å². The number of benzene rings is 1. The summed E-state index contributed by atoms with van der Waals surface area (Å²) in [5.41, 5.74) is 1.80. The lowest BCUT2D eigenvalue weighted by atomic mass is 9.93. The fraction of sp³-hybridized carbons (Fsp3) is 0.385. The minimum Gasteiger partial charge on any atom is -0.369 e. The molecule has 3 rings (SSSR count). The van der Waals surface area contributed by atoms with Gasteiger partial charge in [-0.1, -0.05) is 12.8 Å². The van der Waals surface area contributed by atoms with Crippen LogP contribution in [0.1, 0.15) is 31.2 Å². The maximum absolute atomic E-state index is 12.1. The van der Waals surface area contributed by atoms with Crippen LogP contribution in [-0.4, -0.2) is 11.4 Å². The molecule has 2 aliphatic rings. The number of nitrogens with zero attached hydrogens (tertiary/aromatic N) is 1. The van der Waals surface area contributed by atoms with Crippen molar-refractivity contribution in [2.24, 2.45) is 0 Å². The molecular formula is C13H13N3O. The number of rotatable bonds is 0. The molecule has 0 unspecified atom stereocenters. The van der Waals surface area contributed by atoms with Gasteiger partial charge in [-0.2, -0.15) is 5.26 Å². The van der Waals surface area contributed by atoms with Gasteiger partial charge in [-0.15, -0.1) is 0 Å². The lowest BCUT2D eigenvalue weighted by molar-refractivity contribution is -0.120. The van der Waals surface area contributed by atoms with E-state index in [9.17, 15) is 4.79 Å². The van der Waals surface area contributed by atoms with Crippen molar-refractivity contribution in [1.29, 1.82) is 5.26 Å². The molecule has 1 aliphatic heterocycles. The lowest BCUT2D eigenvalue weighted by Crippen LogP contribution is -2.50. The van der Waals surface area contributed by atoms with E-state index in [0.717, 1.165) is 37.1 Å². The average Bonchev–Trinajstić information content (AvgIpc) is 2.80. The molecule has 1 fully saturated rings. The zero-order chi connectivity index (χ0) is 11.9. The van der Waals surface area contributed by atoms with Crippen LogP contribution in [0.5, 0.6) is 0 Å². The molecule has 0 atom stereocenters. The van der Waals surface area contributed by atoms with Gasteiger partial charge in [-0.3, -0.25) is 4.79 Å². The maximum Gasteiger partial charge on any atom is 0.250 e. The summed E-state index contributed by atoms with van der Waals surface area (Å²) < 4.78 is 0. The number of carbonyl (C=O) groups is 1. The van der Waals surface area contributed by atoms with Gasteiger partial charge in [0.1, 0.15) is 5.54 Å². The van der Waals surface area contributed by atoms with Gasteiger partial charge in [0.25, 0.3) is 0 Å². The molecule has 0 radical (unpaired) electrons. The first-order valence-corrected chi connectivity index (χ1v) is 5.87. The molecule has 0 bridgehead atoms. The second-order valence-corrected chi connectivity index (χ2v) is 4.74. The van der Waals surface area contributed by atoms with Crippen LogP contribution in [0, 0.1) is 11.3 Å². The minimum absolute atomic E-state index is 0.0622. The zero-order valence-corrected chi connectivity index (χ0v) is 9.42. The van der Waals surface area contributed by atoms with E-state index in [0.29, 0.717) is 5.56 Å². The van der Waals surface area contributed by atoms with Gasteiger partial charge in [-0.05, 0) is 31.0 Å². The normalized spacial score (nSPS) is 20.3. The monoisotopic (exact) mass is 227 g/mol. The third-order valence-electron chi connectivity index (χ3n) is 3.66. The highest BCUT2D eigenvalue weighted by Gasteiger charge is 2.44. The third-order valence-corrected chi connectivity index (χ3v) is 3.66. The van der Waals surface area contributed by atoms with Crippen molar-refractivity contribution >= 4 is 17.3 Å². The first-order chi connectivity index (χ1) is 8.23. The fourth-order valence-electron chi connectivity index (χ4n) is 2.71. The molecule has 1 aromatic rings. The first-order valence-electron chi connectivity index (χ1n) is 5.87. The number of anilines is 2. The van der Waals surface area contributed by atoms with E-state index in [1.54, 1.807) is 18.2 Å². The van der Waals surface area contributed by atoms with Crippen molar-refractivity contribution in [2.75, 3.05) is 10.6 Å². The Morgan fingerprint density at radius 1 is 1.24 bits per heavy atom. The van der Waals surface area contributed by atoms with Gasteiger partial charge in [0.15, 0.2) is 0 Å². The molecule has 2 N–H and O–H groups in total. The molecular weight excluding hydrogens is 214 g/mol. The van der Waals surface area contributed by atoms with Gasteiger partial charge in [-0.25, -0.2) is 0 Å². The van der Waals surface area contributed by atoms with E-state index in [1.165, 1.54) is 0 Å². The summed E-state index contributed by atoms with van der Waals surface area (Å²) in [7, 11) is 0. The predicted octanol–water partition coefficient (Wildman–Crippen LogP) is 2.24. The van der Waals surface area contributed by atoms with Crippen molar-refractivity contribution in [3.05, 3.63) is 23.8 Å². The molecule has 1 saturated carbocycles. The van der Waals surface area contributed by atoms with Gasteiger partial charge in [0.2, 0.25) is 5.91 Å². The van der Waals surface area contributed by atoms with E-state index >= 15 is 0 Å². The summed E-state index contributed by atoms with van der Waals surface area (Å²) in [6.45, 7) is 0. The van der Waals surface area contributed by atoms with Crippen LogP contribution in [0.3, 0.4) is 0 Å². The largest absolute Gasteiger partial charge is 0.369 e. The number of hydrogen-bond acceptors (Lipinski definition) is 3. The van der Waals surface area contributed by atoms with Crippen molar-refractivity contribution in [3.63, 3.8) is 0 Å². The topological polar surface area (TPSA) is 64.9 Å². The Balaban J connectivity index is 2.03. The summed E-state index contributed by atoms with van der Waals surface area (Å²) >= 11 is 0. The van der Waals surface area contributed by atoms with Gasteiger partial charge in [0.05, 0.1) is 23.0 Å². The Hall–Kier alpha value is -2.02. The van der Waals surface area contributed by atoms with E-state index < -0.39 is 5.54 Å². The zero-order valence-electron chi connectivity index (χ0n) is 9.42. The number of nitriles is 1. The van der Waals surface area contributed by atoms with Crippen LogP contribution >= 0.6 is 0 Å². The number of carbonyl (C=O) groups excluding carboxylic acids is 1. The molecule has 1 amide bonds. The standard InChI is InChI=1S/C13H13N3O/c14-8-9-3-4-10-11(7-9)16-13(12(17)15-10)5-1-2-6-13/h3-4,7,16H,1-2,5-6H2,(H,15,17). The average molecular weight is 227 g/mol. The van der Waals surface area contributed by atoms with Crippen molar-refractivity contribution in [2.45, 2.75) is 31.2 Å². The third kappa shape index (κ3) is 1.47. The highest BCUT2D eigenvalue weighted by Crippen LogP contribution is 2.40. The van der Waals surface area contributed by atoms with Crippen LogP contribution in [-0.2, 0) is 4.79 Å². The Bertz CT molecular complexity index is 524. The van der Waals surface area contributed by atoms with Crippen LogP contribution in [0.2, 0.25) is 0 Å². The highest BCUT2D eigenvalue weighted by molar-refractivity contribution is 6.06. The molecule has 1 spiro atoms.